The highest BCUT2D eigenvalue weighted by Crippen LogP contribution is 2.16. The molecule has 0 unspecified atom stereocenters. The van der Waals surface area contributed by atoms with Gasteiger partial charge in [0.2, 0.25) is 10.0 Å². The normalized spacial score (nSPS) is 10.6. The fraction of sp³-hybridized carbons (Fsp3) is 0.188. The van der Waals surface area contributed by atoms with Crippen LogP contribution in [0.15, 0.2) is 53.7 Å². The smallest absolute Gasteiger partial charge is 0.240 e. The number of rotatable bonds is 6. The molecule has 1 heterocycles. The van der Waals surface area contributed by atoms with Gasteiger partial charge in [0, 0.05) is 18.9 Å². The topological polar surface area (TPSA) is 68.3 Å². The van der Waals surface area contributed by atoms with Crippen LogP contribution in [0, 0.1) is 11.8 Å². The van der Waals surface area contributed by atoms with Crippen molar-refractivity contribution in [1.29, 1.82) is 0 Å². The summed E-state index contributed by atoms with van der Waals surface area (Å²) in [5.41, 5.74) is 0.796. The number of aromatic nitrogens is 1. The average Bonchev–Trinajstić information content (AvgIpc) is 2.55. The molecule has 2 aromatic rings. The van der Waals surface area contributed by atoms with Gasteiger partial charge in [-0.3, -0.25) is 4.98 Å². The van der Waals surface area contributed by atoms with E-state index < -0.39 is 10.0 Å². The first-order valence-corrected chi connectivity index (χ1v) is 8.11. The highest BCUT2D eigenvalue weighted by molar-refractivity contribution is 7.89. The molecule has 0 fully saturated rings. The Morgan fingerprint density at radius 3 is 2.64 bits per heavy atom. The van der Waals surface area contributed by atoms with E-state index in [1.54, 1.807) is 43.6 Å². The third-order valence-corrected chi connectivity index (χ3v) is 4.23. The van der Waals surface area contributed by atoms with Gasteiger partial charge in [-0.15, -0.1) is 5.92 Å². The third kappa shape index (κ3) is 4.58. The number of sulfonamides is 1. The van der Waals surface area contributed by atoms with Crippen molar-refractivity contribution in [3.05, 3.63) is 54.4 Å². The van der Waals surface area contributed by atoms with Crippen molar-refractivity contribution in [1.82, 2.24) is 9.71 Å². The number of hydrogen-bond acceptors (Lipinski definition) is 4. The molecule has 0 aliphatic heterocycles. The molecule has 0 atom stereocenters. The summed E-state index contributed by atoms with van der Waals surface area (Å²) in [5.74, 6) is 6.07. The molecule has 2 rings (SSSR count). The van der Waals surface area contributed by atoms with Gasteiger partial charge in [-0.05, 0) is 42.8 Å². The van der Waals surface area contributed by atoms with E-state index >= 15 is 0 Å². The molecular formula is C16H16N2O3S. The van der Waals surface area contributed by atoms with Crippen LogP contribution in [0.1, 0.15) is 12.5 Å². The minimum Gasteiger partial charge on any atom is -0.481 e. The van der Waals surface area contributed by atoms with Crippen molar-refractivity contribution >= 4 is 10.0 Å². The first kappa shape index (κ1) is 16.0. The lowest BCUT2D eigenvalue weighted by Crippen LogP contribution is -2.23. The zero-order chi connectivity index (χ0) is 15.8. The van der Waals surface area contributed by atoms with E-state index in [9.17, 15) is 8.42 Å². The maximum atomic E-state index is 12.2. The van der Waals surface area contributed by atoms with E-state index in [1.807, 2.05) is 0 Å². The Labute approximate surface area is 130 Å². The minimum absolute atomic E-state index is 0.185. The monoisotopic (exact) mass is 316 g/mol. The summed E-state index contributed by atoms with van der Waals surface area (Å²) < 4.78 is 32.2. The summed E-state index contributed by atoms with van der Waals surface area (Å²) in [6.45, 7) is 2.20. The molecule has 6 heteroatoms. The van der Waals surface area contributed by atoms with Crippen LogP contribution in [0.3, 0.4) is 0 Å². The first-order valence-electron chi connectivity index (χ1n) is 6.63. The van der Waals surface area contributed by atoms with Crippen molar-refractivity contribution in [3.8, 4) is 17.6 Å². The van der Waals surface area contributed by atoms with E-state index in [1.165, 1.54) is 12.1 Å². The summed E-state index contributed by atoms with van der Waals surface area (Å²) in [7, 11) is -3.56. The Kier molecular flexibility index (Phi) is 5.53. The molecule has 0 amide bonds. The Morgan fingerprint density at radius 2 is 2.00 bits per heavy atom. The van der Waals surface area contributed by atoms with Crippen LogP contribution in [0.25, 0.3) is 0 Å². The van der Waals surface area contributed by atoms with Gasteiger partial charge in [0.15, 0.2) is 0 Å². The van der Waals surface area contributed by atoms with Crippen LogP contribution in [0.2, 0.25) is 0 Å². The highest BCUT2D eigenvalue weighted by atomic mass is 32.2. The molecule has 1 aromatic carbocycles. The van der Waals surface area contributed by atoms with Gasteiger partial charge >= 0.3 is 0 Å². The molecule has 5 nitrogen and oxygen atoms in total. The van der Waals surface area contributed by atoms with Gasteiger partial charge in [0.05, 0.1) is 4.90 Å². The molecule has 0 aliphatic carbocycles. The van der Waals surface area contributed by atoms with Crippen LogP contribution in [-0.4, -0.2) is 20.0 Å². The Bertz CT molecular complexity index is 761. The number of ether oxygens (including phenoxy) is 1. The van der Waals surface area contributed by atoms with Gasteiger partial charge in [0.1, 0.15) is 12.4 Å². The summed E-state index contributed by atoms with van der Waals surface area (Å²) in [6.07, 6.45) is 3.26. The molecule has 0 radical (unpaired) electrons. The molecular weight excluding hydrogens is 300 g/mol. The Balaban J connectivity index is 2.01. The van der Waals surface area contributed by atoms with Crippen LogP contribution in [0.4, 0.5) is 0 Å². The molecule has 1 aromatic heterocycles. The molecule has 0 saturated carbocycles. The van der Waals surface area contributed by atoms with Gasteiger partial charge in [-0.25, -0.2) is 13.1 Å². The summed E-state index contributed by atoms with van der Waals surface area (Å²) >= 11 is 0. The molecule has 114 valence electrons. The number of hydrogen-bond donors (Lipinski definition) is 1. The predicted molar refractivity (Wildman–Crippen MR) is 83.6 cm³/mol. The minimum atomic E-state index is -3.56. The maximum absolute atomic E-state index is 12.2. The van der Waals surface area contributed by atoms with Crippen molar-refractivity contribution in [2.45, 2.75) is 18.4 Å². The number of nitrogens with zero attached hydrogens (tertiary/aromatic N) is 1. The van der Waals surface area contributed by atoms with Gasteiger partial charge < -0.3 is 4.74 Å². The summed E-state index contributed by atoms with van der Waals surface area (Å²) in [5, 5.41) is 0. The largest absolute Gasteiger partial charge is 0.481 e. The van der Waals surface area contributed by atoms with Gasteiger partial charge in [-0.2, -0.15) is 0 Å². The van der Waals surface area contributed by atoms with E-state index in [-0.39, 0.29) is 18.0 Å². The van der Waals surface area contributed by atoms with Gasteiger partial charge in [0.25, 0.3) is 0 Å². The fourth-order valence-corrected chi connectivity index (χ4v) is 2.69. The molecule has 0 aliphatic rings. The number of pyridine rings is 1. The SMILES string of the molecule is CC#CCOc1ccc(S(=O)(=O)NCc2cccnc2)cc1. The standard InChI is InChI=1S/C16H16N2O3S/c1-2-3-11-21-15-6-8-16(9-7-15)22(19,20)18-13-14-5-4-10-17-12-14/h4-10,12,18H,11,13H2,1H3. The summed E-state index contributed by atoms with van der Waals surface area (Å²) in [4.78, 5) is 4.13. The third-order valence-electron chi connectivity index (χ3n) is 2.81. The van der Waals surface area contributed by atoms with Crippen molar-refractivity contribution < 1.29 is 13.2 Å². The average molecular weight is 316 g/mol. The summed E-state index contributed by atoms with van der Waals surface area (Å²) in [6, 6.07) is 9.78. The van der Waals surface area contributed by atoms with Crippen LogP contribution < -0.4 is 9.46 Å². The lowest BCUT2D eigenvalue weighted by Gasteiger charge is -2.08. The lowest BCUT2D eigenvalue weighted by molar-refractivity contribution is 0.370. The lowest BCUT2D eigenvalue weighted by atomic mass is 10.3. The number of benzene rings is 1. The second-order valence-corrected chi connectivity index (χ2v) is 6.14. The number of nitrogens with one attached hydrogen (secondary N) is 1. The molecule has 22 heavy (non-hydrogen) atoms. The fourth-order valence-electron chi connectivity index (χ4n) is 1.67. The van der Waals surface area contributed by atoms with Crippen LogP contribution in [0.5, 0.6) is 5.75 Å². The molecule has 0 saturated heterocycles. The molecule has 0 spiro atoms. The predicted octanol–water partition coefficient (Wildman–Crippen LogP) is 1.96. The van der Waals surface area contributed by atoms with Crippen molar-refractivity contribution in [3.63, 3.8) is 0 Å². The quantitative estimate of drug-likeness (QED) is 0.827. The van der Waals surface area contributed by atoms with Crippen molar-refractivity contribution in [2.24, 2.45) is 0 Å². The first-order chi connectivity index (χ1) is 10.6. The second kappa shape index (κ2) is 7.59. The van der Waals surface area contributed by atoms with E-state index in [4.69, 9.17) is 4.74 Å². The zero-order valence-corrected chi connectivity index (χ0v) is 12.9. The van der Waals surface area contributed by atoms with E-state index in [0.717, 1.165) is 5.56 Å². The van der Waals surface area contributed by atoms with Crippen LogP contribution in [-0.2, 0) is 16.6 Å². The van der Waals surface area contributed by atoms with Crippen molar-refractivity contribution in [2.75, 3.05) is 6.61 Å². The van der Waals surface area contributed by atoms with Gasteiger partial charge in [-0.1, -0.05) is 12.0 Å². The Hall–Kier alpha value is -2.36. The van der Waals surface area contributed by atoms with E-state index in [0.29, 0.717) is 5.75 Å². The van der Waals surface area contributed by atoms with E-state index in [2.05, 4.69) is 21.5 Å². The Morgan fingerprint density at radius 1 is 1.23 bits per heavy atom. The molecule has 1 N–H and O–H groups in total. The van der Waals surface area contributed by atoms with Crippen LogP contribution >= 0.6 is 0 Å². The highest BCUT2D eigenvalue weighted by Gasteiger charge is 2.13. The second-order valence-electron chi connectivity index (χ2n) is 4.37. The maximum Gasteiger partial charge on any atom is 0.240 e. The molecule has 0 bridgehead atoms. The zero-order valence-electron chi connectivity index (χ0n) is 12.1.